The van der Waals surface area contributed by atoms with Gasteiger partial charge in [-0.3, -0.25) is 9.59 Å². The number of nitrogens with two attached hydrogens (primary N) is 1. The van der Waals surface area contributed by atoms with E-state index in [9.17, 15) is 14.4 Å². The molecule has 2 aromatic rings. The quantitative estimate of drug-likeness (QED) is 0.766. The fourth-order valence-electron chi connectivity index (χ4n) is 2.84. The zero-order valence-electron chi connectivity index (χ0n) is 15.1. The number of ether oxygens (including phenoxy) is 2. The molecule has 0 aliphatic carbocycles. The third-order valence-corrected chi connectivity index (χ3v) is 5.41. The second-order valence-electron chi connectivity index (χ2n) is 6.40. The summed E-state index contributed by atoms with van der Waals surface area (Å²) < 4.78 is 11.1. The average Bonchev–Trinajstić information content (AvgIpc) is 3.19. The number of rotatable bonds is 5. The Hall–Kier alpha value is -2.87. The normalized spacial score (nSPS) is 18.9. The zero-order valence-corrected chi connectivity index (χ0v) is 16.0. The summed E-state index contributed by atoms with van der Waals surface area (Å²) in [5, 5.41) is 4.52. The van der Waals surface area contributed by atoms with Crippen LogP contribution in [0.2, 0.25) is 0 Å². The highest BCUT2D eigenvalue weighted by atomic mass is 32.1. The Morgan fingerprint density at radius 3 is 2.67 bits per heavy atom. The number of thiophene rings is 1. The Bertz CT molecular complexity index is 907. The molecule has 2 amide bonds. The predicted octanol–water partition coefficient (Wildman–Crippen LogP) is 2.92. The average molecular weight is 388 g/mol. The number of para-hydroxylation sites is 1. The van der Waals surface area contributed by atoms with Gasteiger partial charge in [0.15, 0.2) is 6.10 Å². The van der Waals surface area contributed by atoms with E-state index in [1.165, 1.54) is 13.0 Å². The van der Waals surface area contributed by atoms with Crippen molar-refractivity contribution in [3.8, 4) is 5.75 Å². The summed E-state index contributed by atoms with van der Waals surface area (Å²) in [6.07, 6.45) is -1.10. The predicted molar refractivity (Wildman–Crippen MR) is 101 cm³/mol. The van der Waals surface area contributed by atoms with Gasteiger partial charge in [-0.25, -0.2) is 4.79 Å². The molecule has 1 aromatic carbocycles. The van der Waals surface area contributed by atoms with Crippen LogP contribution in [0.4, 0.5) is 5.00 Å². The van der Waals surface area contributed by atoms with Crippen LogP contribution in [0.1, 0.15) is 53.0 Å². The van der Waals surface area contributed by atoms with Gasteiger partial charge in [-0.1, -0.05) is 19.1 Å². The molecule has 27 heavy (non-hydrogen) atoms. The molecule has 2 heterocycles. The van der Waals surface area contributed by atoms with Crippen LogP contribution in [0.5, 0.6) is 5.75 Å². The van der Waals surface area contributed by atoms with Gasteiger partial charge in [0.1, 0.15) is 22.4 Å². The van der Waals surface area contributed by atoms with Gasteiger partial charge < -0.3 is 20.5 Å². The third kappa shape index (κ3) is 3.66. The van der Waals surface area contributed by atoms with Gasteiger partial charge in [0.25, 0.3) is 11.8 Å². The van der Waals surface area contributed by atoms with E-state index < -0.39 is 23.9 Å². The maximum atomic E-state index is 12.6. The fraction of sp³-hybridized carbons (Fsp3) is 0.316. The Labute approximate surface area is 160 Å². The number of carbonyl (C=O) groups is 3. The minimum Gasteiger partial charge on any atom is -0.489 e. The standard InChI is InChI=1S/C19H20N2O5S/c1-9-10(2)25-15-12(9)5-4-6-13(15)19(24)26-11(3)17(23)21-18-14(16(20)22)7-8-27-18/h4-11H,1-3H3,(H2,20,22)(H,21,23)/t9-,10+,11-/m0/s1. The van der Waals surface area contributed by atoms with Gasteiger partial charge in [0.2, 0.25) is 0 Å². The molecule has 142 valence electrons. The number of carbonyl (C=O) groups excluding carboxylic acids is 3. The van der Waals surface area contributed by atoms with Crippen LogP contribution in [0.25, 0.3) is 0 Å². The highest BCUT2D eigenvalue weighted by molar-refractivity contribution is 7.14. The molecule has 8 heteroatoms. The van der Waals surface area contributed by atoms with Crippen molar-refractivity contribution in [1.29, 1.82) is 0 Å². The molecule has 3 atom stereocenters. The summed E-state index contributed by atoms with van der Waals surface area (Å²) in [6, 6.07) is 6.81. The minimum absolute atomic E-state index is 0.0410. The van der Waals surface area contributed by atoms with Crippen molar-refractivity contribution in [3.05, 3.63) is 46.3 Å². The summed E-state index contributed by atoms with van der Waals surface area (Å²) in [5.41, 5.74) is 6.70. The lowest BCUT2D eigenvalue weighted by Crippen LogP contribution is -2.30. The van der Waals surface area contributed by atoms with Crippen molar-refractivity contribution in [2.45, 2.75) is 38.9 Å². The van der Waals surface area contributed by atoms with E-state index in [0.717, 1.165) is 16.9 Å². The number of benzene rings is 1. The smallest absolute Gasteiger partial charge is 0.342 e. The highest BCUT2D eigenvalue weighted by Gasteiger charge is 2.32. The molecule has 0 spiro atoms. The number of esters is 1. The zero-order chi connectivity index (χ0) is 19.7. The second kappa shape index (κ2) is 7.40. The summed E-state index contributed by atoms with van der Waals surface area (Å²) in [6.45, 7) is 5.42. The van der Waals surface area contributed by atoms with Crippen LogP contribution in [0, 0.1) is 0 Å². The number of hydrogen-bond acceptors (Lipinski definition) is 6. The molecule has 1 aliphatic rings. The number of nitrogens with one attached hydrogen (secondary N) is 1. The molecule has 0 radical (unpaired) electrons. The first-order valence-corrected chi connectivity index (χ1v) is 9.36. The van der Waals surface area contributed by atoms with Crippen molar-refractivity contribution < 1.29 is 23.9 Å². The number of primary amides is 1. The van der Waals surface area contributed by atoms with E-state index in [2.05, 4.69) is 5.32 Å². The van der Waals surface area contributed by atoms with Crippen LogP contribution in [0.15, 0.2) is 29.6 Å². The van der Waals surface area contributed by atoms with Gasteiger partial charge >= 0.3 is 5.97 Å². The molecule has 0 fully saturated rings. The van der Waals surface area contributed by atoms with Crippen molar-refractivity contribution in [2.24, 2.45) is 5.73 Å². The van der Waals surface area contributed by atoms with E-state index >= 15 is 0 Å². The molecule has 0 saturated carbocycles. The molecule has 1 aromatic heterocycles. The van der Waals surface area contributed by atoms with Crippen molar-refractivity contribution in [2.75, 3.05) is 5.32 Å². The lowest BCUT2D eigenvalue weighted by Gasteiger charge is -2.14. The highest BCUT2D eigenvalue weighted by Crippen LogP contribution is 2.40. The minimum atomic E-state index is -1.06. The van der Waals surface area contributed by atoms with Crippen molar-refractivity contribution in [3.63, 3.8) is 0 Å². The Balaban J connectivity index is 1.71. The maximum absolute atomic E-state index is 12.6. The topological polar surface area (TPSA) is 108 Å². The summed E-state index contributed by atoms with van der Waals surface area (Å²) >= 11 is 1.16. The number of anilines is 1. The first kappa shape index (κ1) is 18.9. The van der Waals surface area contributed by atoms with Gasteiger partial charge in [0, 0.05) is 11.5 Å². The molecule has 7 nitrogen and oxygen atoms in total. The van der Waals surface area contributed by atoms with Gasteiger partial charge in [0.05, 0.1) is 5.56 Å². The molecule has 0 unspecified atom stereocenters. The van der Waals surface area contributed by atoms with E-state index in [-0.39, 0.29) is 23.1 Å². The summed E-state index contributed by atoms with van der Waals surface area (Å²) in [7, 11) is 0. The molecule has 0 bridgehead atoms. The Morgan fingerprint density at radius 2 is 1.96 bits per heavy atom. The Kier molecular flexibility index (Phi) is 5.18. The largest absolute Gasteiger partial charge is 0.489 e. The monoisotopic (exact) mass is 388 g/mol. The molecule has 1 aliphatic heterocycles. The first-order valence-electron chi connectivity index (χ1n) is 8.48. The van der Waals surface area contributed by atoms with Crippen LogP contribution >= 0.6 is 11.3 Å². The van der Waals surface area contributed by atoms with Gasteiger partial charge in [-0.15, -0.1) is 11.3 Å². The molecule has 3 N–H and O–H groups in total. The molecular formula is C19H20N2O5S. The van der Waals surface area contributed by atoms with E-state index in [4.69, 9.17) is 15.2 Å². The molecule has 0 saturated heterocycles. The summed E-state index contributed by atoms with van der Waals surface area (Å²) in [5.74, 6) is -1.17. The SMILES string of the molecule is C[C@H](OC(=O)c1cccc2c1O[C@H](C)[C@@H]2C)C(=O)Nc1sccc1C(N)=O. The fourth-order valence-corrected chi connectivity index (χ4v) is 3.63. The molecule has 3 rings (SSSR count). The number of amides is 2. The van der Waals surface area contributed by atoms with Crippen LogP contribution in [-0.2, 0) is 9.53 Å². The van der Waals surface area contributed by atoms with Crippen LogP contribution in [-0.4, -0.2) is 30.0 Å². The number of hydrogen-bond donors (Lipinski definition) is 2. The third-order valence-electron chi connectivity index (χ3n) is 4.58. The van der Waals surface area contributed by atoms with Crippen LogP contribution < -0.4 is 15.8 Å². The van der Waals surface area contributed by atoms with E-state index in [0.29, 0.717) is 10.8 Å². The maximum Gasteiger partial charge on any atom is 0.342 e. The second-order valence-corrected chi connectivity index (χ2v) is 7.32. The Morgan fingerprint density at radius 1 is 1.22 bits per heavy atom. The lowest BCUT2D eigenvalue weighted by atomic mass is 9.97. The van der Waals surface area contributed by atoms with Gasteiger partial charge in [-0.05, 0) is 31.4 Å². The number of fused-ring (bicyclic) bond motifs is 1. The van der Waals surface area contributed by atoms with Crippen LogP contribution in [0.3, 0.4) is 0 Å². The molecular weight excluding hydrogens is 368 g/mol. The van der Waals surface area contributed by atoms with Crippen molar-refractivity contribution in [1.82, 2.24) is 0 Å². The van der Waals surface area contributed by atoms with Gasteiger partial charge in [-0.2, -0.15) is 0 Å². The van der Waals surface area contributed by atoms with Crippen molar-refractivity contribution >= 4 is 34.1 Å². The van der Waals surface area contributed by atoms with E-state index in [1.807, 2.05) is 19.9 Å². The summed E-state index contributed by atoms with van der Waals surface area (Å²) in [4.78, 5) is 36.2. The van der Waals surface area contributed by atoms with E-state index in [1.54, 1.807) is 17.5 Å². The first-order chi connectivity index (χ1) is 12.8. The lowest BCUT2D eigenvalue weighted by molar-refractivity contribution is -0.123.